The van der Waals surface area contributed by atoms with E-state index in [-0.39, 0.29) is 42.3 Å². The molecular formula is C30H31F3N2O4S. The molecule has 1 heterocycles. The number of hydrogen-bond donors (Lipinski definition) is 3. The lowest BCUT2D eigenvalue weighted by Gasteiger charge is -2.43. The van der Waals surface area contributed by atoms with Gasteiger partial charge < -0.3 is 5.11 Å². The van der Waals surface area contributed by atoms with Gasteiger partial charge in [-0.2, -0.15) is 22.7 Å². The number of carboxylic acids is 1. The number of carboxylic acid groups (broad SMARTS) is 1. The molecule has 0 aliphatic carbocycles. The fourth-order valence-corrected chi connectivity index (χ4v) is 7.16. The summed E-state index contributed by atoms with van der Waals surface area (Å²) in [6, 6.07) is 15.8. The molecule has 0 fully saturated rings. The van der Waals surface area contributed by atoms with Crippen LogP contribution in [0.15, 0.2) is 59.5 Å². The van der Waals surface area contributed by atoms with Gasteiger partial charge in [-0.05, 0) is 89.9 Å². The molecule has 3 aromatic rings. The van der Waals surface area contributed by atoms with Gasteiger partial charge in [0.2, 0.25) is 0 Å². The van der Waals surface area contributed by atoms with Crippen LogP contribution in [-0.2, 0) is 23.9 Å². The van der Waals surface area contributed by atoms with Gasteiger partial charge in [0.1, 0.15) is 0 Å². The molecule has 1 aliphatic heterocycles. The topological polar surface area (TPSA) is 105 Å². The smallest absolute Gasteiger partial charge is 0.416 e. The molecule has 2 atom stereocenters. The van der Waals surface area contributed by atoms with Crippen molar-refractivity contribution in [2.75, 3.05) is 6.54 Å². The summed E-state index contributed by atoms with van der Waals surface area (Å²) in [5.41, 5.74) is 3.82. The van der Waals surface area contributed by atoms with E-state index in [2.05, 4.69) is 6.07 Å². The zero-order valence-corrected chi connectivity index (χ0v) is 23.2. The molecule has 0 spiro atoms. The van der Waals surface area contributed by atoms with Crippen LogP contribution in [0.2, 0.25) is 0 Å². The molecule has 6 nitrogen and oxygen atoms in total. The summed E-state index contributed by atoms with van der Waals surface area (Å²) < 4.78 is 64.3. The third-order valence-electron chi connectivity index (χ3n) is 7.40. The molecule has 0 saturated carbocycles. The molecule has 0 radical (unpaired) electrons. The number of aliphatic carboxylic acids is 1. The average Bonchev–Trinajstić information content (AvgIpc) is 2.96. The molecule has 0 amide bonds. The summed E-state index contributed by atoms with van der Waals surface area (Å²) in [5, 5.41) is 18.9. The fourth-order valence-electron chi connectivity index (χ4n) is 5.35. The minimum absolute atomic E-state index is 0.0932. The summed E-state index contributed by atoms with van der Waals surface area (Å²) in [7, 11) is -3.61. The monoisotopic (exact) mass is 572 g/mol. The van der Waals surface area contributed by atoms with Gasteiger partial charge in [-0.1, -0.05) is 31.2 Å². The highest BCUT2D eigenvalue weighted by Crippen LogP contribution is 2.56. The third-order valence-corrected chi connectivity index (χ3v) is 9.39. The SMILES string of the molecule is Cc1ccc(C(CC(=O)O)c2ccc(C#N)cc2C)cc1CN1CC(C)Cc2cc(C(F)(F)F)ccc2S1(O)O. The minimum Gasteiger partial charge on any atom is -0.481 e. The van der Waals surface area contributed by atoms with Crippen molar-refractivity contribution in [3.8, 4) is 6.07 Å². The quantitative estimate of drug-likeness (QED) is 0.282. The van der Waals surface area contributed by atoms with E-state index in [1.54, 1.807) is 18.2 Å². The van der Waals surface area contributed by atoms with E-state index in [1.165, 1.54) is 10.4 Å². The van der Waals surface area contributed by atoms with Crippen molar-refractivity contribution in [2.24, 2.45) is 5.92 Å². The lowest BCUT2D eigenvalue weighted by atomic mass is 9.84. The number of halogens is 3. The number of nitrogens with zero attached hydrogens (tertiary/aromatic N) is 2. The molecule has 4 rings (SSSR count). The van der Waals surface area contributed by atoms with Gasteiger partial charge in [-0.15, -0.1) is 10.8 Å². The van der Waals surface area contributed by atoms with Crippen molar-refractivity contribution in [3.63, 3.8) is 0 Å². The van der Waals surface area contributed by atoms with Crippen molar-refractivity contribution in [3.05, 3.63) is 99.1 Å². The predicted octanol–water partition coefficient (Wildman–Crippen LogP) is 7.52. The summed E-state index contributed by atoms with van der Waals surface area (Å²) in [6.07, 6.45) is -4.45. The van der Waals surface area contributed by atoms with Crippen LogP contribution in [0.4, 0.5) is 13.2 Å². The van der Waals surface area contributed by atoms with Crippen molar-refractivity contribution in [1.29, 1.82) is 5.26 Å². The van der Waals surface area contributed by atoms with Crippen LogP contribution in [0.1, 0.15) is 63.8 Å². The fraction of sp³-hybridized carbons (Fsp3) is 0.333. The summed E-state index contributed by atoms with van der Waals surface area (Å²) in [4.78, 5) is 11.9. The molecule has 3 aromatic carbocycles. The molecule has 2 unspecified atom stereocenters. The molecule has 1 aliphatic rings. The highest BCUT2D eigenvalue weighted by molar-refractivity contribution is 8.22. The molecule has 0 saturated heterocycles. The highest BCUT2D eigenvalue weighted by atomic mass is 32.3. The molecule has 40 heavy (non-hydrogen) atoms. The second kappa shape index (κ2) is 11.3. The molecule has 0 bridgehead atoms. The number of hydrogen-bond acceptors (Lipinski definition) is 5. The van der Waals surface area contributed by atoms with E-state index >= 15 is 0 Å². The normalized spacial score (nSPS) is 18.7. The Morgan fingerprint density at radius 2 is 1.82 bits per heavy atom. The number of aryl methyl sites for hydroxylation is 2. The van der Waals surface area contributed by atoms with Crippen LogP contribution >= 0.6 is 10.8 Å². The van der Waals surface area contributed by atoms with E-state index in [1.807, 2.05) is 39.0 Å². The maximum atomic E-state index is 13.3. The molecule has 3 N–H and O–H groups in total. The Kier molecular flexibility index (Phi) is 8.33. The maximum Gasteiger partial charge on any atom is 0.416 e. The van der Waals surface area contributed by atoms with Gasteiger partial charge in [0, 0.05) is 19.0 Å². The van der Waals surface area contributed by atoms with E-state index in [9.17, 15) is 37.4 Å². The number of nitriles is 1. The molecule has 212 valence electrons. The second-order valence-electron chi connectivity index (χ2n) is 10.5. The summed E-state index contributed by atoms with van der Waals surface area (Å²) >= 11 is 0. The van der Waals surface area contributed by atoms with Crippen molar-refractivity contribution in [1.82, 2.24) is 4.31 Å². The first-order chi connectivity index (χ1) is 18.7. The zero-order chi connectivity index (χ0) is 29.4. The maximum absolute atomic E-state index is 13.3. The lowest BCUT2D eigenvalue weighted by Crippen LogP contribution is -2.30. The Labute approximate surface area is 233 Å². The van der Waals surface area contributed by atoms with Crippen LogP contribution < -0.4 is 0 Å². The largest absolute Gasteiger partial charge is 0.481 e. The van der Waals surface area contributed by atoms with Crippen LogP contribution in [0, 0.1) is 31.1 Å². The van der Waals surface area contributed by atoms with Crippen molar-refractivity contribution < 1.29 is 32.2 Å². The Morgan fingerprint density at radius 1 is 1.10 bits per heavy atom. The Balaban J connectivity index is 1.73. The molecular weight excluding hydrogens is 541 g/mol. The second-order valence-corrected chi connectivity index (χ2v) is 12.5. The van der Waals surface area contributed by atoms with Gasteiger partial charge >= 0.3 is 12.1 Å². The molecule has 10 heteroatoms. The van der Waals surface area contributed by atoms with E-state index in [0.29, 0.717) is 5.56 Å². The van der Waals surface area contributed by atoms with Gasteiger partial charge in [0.15, 0.2) is 0 Å². The average molecular weight is 573 g/mol. The highest BCUT2D eigenvalue weighted by Gasteiger charge is 2.36. The number of fused-ring (bicyclic) bond motifs is 1. The zero-order valence-electron chi connectivity index (χ0n) is 22.4. The molecule has 0 aromatic heterocycles. The first kappa shape index (κ1) is 29.6. The van der Waals surface area contributed by atoms with Crippen LogP contribution in [-0.4, -0.2) is 31.0 Å². The summed E-state index contributed by atoms with van der Waals surface area (Å²) in [5.74, 6) is -1.64. The van der Waals surface area contributed by atoms with E-state index < -0.39 is 34.4 Å². The Morgan fingerprint density at radius 3 is 2.45 bits per heavy atom. The number of rotatable bonds is 6. The van der Waals surface area contributed by atoms with E-state index in [4.69, 9.17) is 0 Å². The van der Waals surface area contributed by atoms with Gasteiger partial charge in [0.05, 0.1) is 28.5 Å². The van der Waals surface area contributed by atoms with Gasteiger partial charge in [-0.3, -0.25) is 13.9 Å². The van der Waals surface area contributed by atoms with Gasteiger partial charge in [0.25, 0.3) is 0 Å². The minimum atomic E-state index is -4.54. The lowest BCUT2D eigenvalue weighted by molar-refractivity contribution is -0.138. The summed E-state index contributed by atoms with van der Waals surface area (Å²) in [6.45, 7) is 5.91. The Hall–Kier alpha value is -3.36. The first-order valence-electron chi connectivity index (χ1n) is 12.8. The third kappa shape index (κ3) is 6.18. The number of benzene rings is 3. The van der Waals surface area contributed by atoms with E-state index in [0.717, 1.165) is 39.9 Å². The van der Waals surface area contributed by atoms with Gasteiger partial charge in [-0.25, -0.2) is 0 Å². The van der Waals surface area contributed by atoms with Crippen LogP contribution in [0.25, 0.3) is 0 Å². The number of carbonyl (C=O) groups is 1. The predicted molar refractivity (Wildman–Crippen MR) is 147 cm³/mol. The van der Waals surface area contributed by atoms with Crippen LogP contribution in [0.3, 0.4) is 0 Å². The van der Waals surface area contributed by atoms with Crippen LogP contribution in [0.5, 0.6) is 0 Å². The standard InChI is InChI=1S/C30H31F3N2O4S/c1-18-10-23-13-25(30(31,32)33)7-9-28(23)40(38,39)35(16-18)17-24-12-22(6-4-19(24)2)27(14-29(36)37)26-8-5-21(15-34)11-20(26)3/h4-9,11-13,18,27,38-39H,10,14,16-17H2,1-3H3,(H,36,37). The Bertz CT molecular complexity index is 1480. The van der Waals surface area contributed by atoms with Crippen molar-refractivity contribution in [2.45, 2.75) is 57.1 Å². The van der Waals surface area contributed by atoms with Crippen molar-refractivity contribution >= 4 is 16.7 Å². The first-order valence-corrected chi connectivity index (χ1v) is 14.3. The number of alkyl halides is 3.